The molecule has 0 saturated heterocycles. The molecule has 2 aromatic rings. The fraction of sp³-hybridized carbons (Fsp3) is 0.409. The Morgan fingerprint density at radius 3 is 2.48 bits per heavy atom. The Bertz CT molecular complexity index is 644. The van der Waals surface area contributed by atoms with Gasteiger partial charge in [-0.1, -0.05) is 42.5 Å². The number of rotatable bonds is 13. The van der Waals surface area contributed by atoms with E-state index in [0.717, 1.165) is 25.9 Å². The zero-order valence-corrected chi connectivity index (χ0v) is 16.1. The fourth-order valence-electron chi connectivity index (χ4n) is 2.56. The molecule has 0 aromatic heterocycles. The Kier molecular flexibility index (Phi) is 10.0. The minimum atomic E-state index is -0.110. The zero-order valence-electron chi connectivity index (χ0n) is 16.1. The van der Waals surface area contributed by atoms with Crippen molar-refractivity contribution in [3.8, 4) is 5.75 Å². The first kappa shape index (κ1) is 20.9. The van der Waals surface area contributed by atoms with Gasteiger partial charge in [0.2, 0.25) is 0 Å². The number of carbonyl (C=O) groups excluding carboxylic acids is 1. The van der Waals surface area contributed by atoms with Gasteiger partial charge in [0.15, 0.2) is 6.61 Å². The van der Waals surface area contributed by atoms with E-state index in [1.807, 2.05) is 37.3 Å². The summed E-state index contributed by atoms with van der Waals surface area (Å²) < 4.78 is 10.8. The van der Waals surface area contributed by atoms with Gasteiger partial charge in [-0.3, -0.25) is 4.79 Å². The predicted molar refractivity (Wildman–Crippen MR) is 108 cm³/mol. The van der Waals surface area contributed by atoms with Crippen molar-refractivity contribution in [1.29, 1.82) is 0 Å². The van der Waals surface area contributed by atoms with Crippen LogP contribution in [0.25, 0.3) is 0 Å². The highest BCUT2D eigenvalue weighted by Crippen LogP contribution is 2.12. The maximum atomic E-state index is 11.7. The van der Waals surface area contributed by atoms with E-state index in [9.17, 15) is 4.79 Å². The van der Waals surface area contributed by atoms with Crippen molar-refractivity contribution in [2.45, 2.75) is 26.3 Å². The van der Waals surface area contributed by atoms with Gasteiger partial charge in [0, 0.05) is 26.3 Å². The van der Waals surface area contributed by atoms with Crippen LogP contribution in [0.2, 0.25) is 0 Å². The highest BCUT2D eigenvalue weighted by Gasteiger charge is 2.02. The predicted octanol–water partition coefficient (Wildman–Crippen LogP) is 2.94. The number of ether oxygens (including phenoxy) is 2. The van der Waals surface area contributed by atoms with Crippen LogP contribution in [0.5, 0.6) is 5.75 Å². The average molecular weight is 370 g/mol. The molecule has 0 fully saturated rings. The second-order valence-electron chi connectivity index (χ2n) is 6.25. The molecular formula is C22H30N2O3. The average Bonchev–Trinajstić information content (AvgIpc) is 2.71. The number of benzene rings is 2. The Hall–Kier alpha value is -2.37. The van der Waals surface area contributed by atoms with Crippen molar-refractivity contribution in [1.82, 2.24) is 10.6 Å². The molecule has 0 aliphatic carbocycles. The summed E-state index contributed by atoms with van der Waals surface area (Å²) in [5, 5.41) is 6.26. The van der Waals surface area contributed by atoms with Crippen LogP contribution in [0.3, 0.4) is 0 Å². The normalized spacial score (nSPS) is 10.6. The van der Waals surface area contributed by atoms with Crippen molar-refractivity contribution in [2.24, 2.45) is 0 Å². The summed E-state index contributed by atoms with van der Waals surface area (Å²) >= 11 is 0. The molecule has 1 amide bonds. The monoisotopic (exact) mass is 370 g/mol. The van der Waals surface area contributed by atoms with Crippen LogP contribution >= 0.6 is 0 Å². The highest BCUT2D eigenvalue weighted by atomic mass is 16.5. The largest absolute Gasteiger partial charge is 0.484 e. The summed E-state index contributed by atoms with van der Waals surface area (Å²) in [6, 6.07) is 18.3. The Morgan fingerprint density at radius 1 is 0.963 bits per heavy atom. The Balaban J connectivity index is 1.58. The van der Waals surface area contributed by atoms with E-state index in [1.165, 1.54) is 11.1 Å². The van der Waals surface area contributed by atoms with Gasteiger partial charge in [-0.05, 0) is 49.6 Å². The maximum Gasteiger partial charge on any atom is 0.257 e. The van der Waals surface area contributed by atoms with Gasteiger partial charge in [0.1, 0.15) is 5.75 Å². The summed E-state index contributed by atoms with van der Waals surface area (Å²) in [6.07, 6.45) is 1.76. The molecule has 27 heavy (non-hydrogen) atoms. The van der Waals surface area contributed by atoms with Crippen LogP contribution in [-0.4, -0.2) is 38.8 Å². The van der Waals surface area contributed by atoms with Crippen LogP contribution < -0.4 is 15.4 Å². The summed E-state index contributed by atoms with van der Waals surface area (Å²) in [5.41, 5.74) is 2.53. The van der Waals surface area contributed by atoms with Crippen molar-refractivity contribution >= 4 is 5.91 Å². The lowest BCUT2D eigenvalue weighted by atomic mass is 10.1. The number of amides is 1. The molecule has 0 heterocycles. The summed E-state index contributed by atoms with van der Waals surface area (Å²) in [4.78, 5) is 11.7. The van der Waals surface area contributed by atoms with Gasteiger partial charge in [0.25, 0.3) is 5.91 Å². The summed E-state index contributed by atoms with van der Waals surface area (Å²) in [7, 11) is 0. The molecule has 0 unspecified atom stereocenters. The van der Waals surface area contributed by atoms with Crippen LogP contribution in [-0.2, 0) is 22.5 Å². The molecule has 0 aliphatic rings. The number of hydrogen-bond donors (Lipinski definition) is 2. The van der Waals surface area contributed by atoms with Crippen molar-refractivity contribution < 1.29 is 14.3 Å². The summed E-state index contributed by atoms with van der Waals surface area (Å²) in [5.74, 6) is 0.598. The molecule has 0 bridgehead atoms. The first-order valence-corrected chi connectivity index (χ1v) is 9.58. The molecule has 0 saturated carbocycles. The standard InChI is InChI=1S/C22H30N2O3/c1-2-26-16-6-14-24-22(25)18-27-21-11-9-19(10-12-21)13-15-23-17-20-7-4-3-5-8-20/h3-5,7-12,23H,2,6,13-18H2,1H3,(H,24,25). The molecule has 0 aliphatic heterocycles. The van der Waals surface area contributed by atoms with Gasteiger partial charge in [-0.25, -0.2) is 0 Å². The third kappa shape index (κ3) is 9.22. The van der Waals surface area contributed by atoms with Gasteiger partial charge >= 0.3 is 0 Å². The minimum Gasteiger partial charge on any atom is -0.484 e. The van der Waals surface area contributed by atoms with E-state index in [4.69, 9.17) is 9.47 Å². The Labute approximate surface area is 162 Å². The van der Waals surface area contributed by atoms with E-state index in [0.29, 0.717) is 25.5 Å². The molecule has 0 atom stereocenters. The lowest BCUT2D eigenvalue weighted by Crippen LogP contribution is -2.30. The first-order chi connectivity index (χ1) is 13.3. The molecule has 5 heteroatoms. The van der Waals surface area contributed by atoms with E-state index in [-0.39, 0.29) is 12.5 Å². The third-order valence-electron chi connectivity index (χ3n) is 4.05. The topological polar surface area (TPSA) is 59.6 Å². The molecule has 0 radical (unpaired) electrons. The van der Waals surface area contributed by atoms with E-state index in [1.54, 1.807) is 0 Å². The molecular weight excluding hydrogens is 340 g/mol. The quantitative estimate of drug-likeness (QED) is 0.532. The molecule has 5 nitrogen and oxygen atoms in total. The van der Waals surface area contributed by atoms with Crippen LogP contribution in [0.15, 0.2) is 54.6 Å². The highest BCUT2D eigenvalue weighted by molar-refractivity contribution is 5.77. The molecule has 2 rings (SSSR count). The van der Waals surface area contributed by atoms with E-state index in [2.05, 4.69) is 34.9 Å². The van der Waals surface area contributed by atoms with Gasteiger partial charge in [-0.15, -0.1) is 0 Å². The van der Waals surface area contributed by atoms with Gasteiger partial charge in [-0.2, -0.15) is 0 Å². The molecule has 146 valence electrons. The second kappa shape index (κ2) is 12.9. The van der Waals surface area contributed by atoms with E-state index < -0.39 is 0 Å². The third-order valence-corrected chi connectivity index (χ3v) is 4.05. The number of hydrogen-bond acceptors (Lipinski definition) is 4. The first-order valence-electron chi connectivity index (χ1n) is 9.58. The molecule has 2 aromatic carbocycles. The van der Waals surface area contributed by atoms with Crippen LogP contribution in [0.1, 0.15) is 24.5 Å². The Morgan fingerprint density at radius 2 is 1.74 bits per heavy atom. The van der Waals surface area contributed by atoms with Crippen LogP contribution in [0, 0.1) is 0 Å². The zero-order chi connectivity index (χ0) is 19.2. The SMILES string of the molecule is CCOCCCNC(=O)COc1ccc(CCNCc2ccccc2)cc1. The minimum absolute atomic E-state index is 0.0343. The lowest BCUT2D eigenvalue weighted by molar-refractivity contribution is -0.123. The lowest BCUT2D eigenvalue weighted by Gasteiger charge is -2.09. The second-order valence-corrected chi connectivity index (χ2v) is 6.25. The van der Waals surface area contributed by atoms with Crippen LogP contribution in [0.4, 0.5) is 0 Å². The molecule has 2 N–H and O–H groups in total. The molecule has 0 spiro atoms. The van der Waals surface area contributed by atoms with Crippen molar-refractivity contribution in [3.05, 3.63) is 65.7 Å². The van der Waals surface area contributed by atoms with Gasteiger partial charge < -0.3 is 20.1 Å². The smallest absolute Gasteiger partial charge is 0.257 e. The van der Waals surface area contributed by atoms with Gasteiger partial charge in [0.05, 0.1) is 0 Å². The number of carbonyl (C=O) groups is 1. The van der Waals surface area contributed by atoms with Crippen molar-refractivity contribution in [2.75, 3.05) is 32.9 Å². The van der Waals surface area contributed by atoms with Crippen molar-refractivity contribution in [3.63, 3.8) is 0 Å². The maximum absolute atomic E-state index is 11.7. The summed E-state index contributed by atoms with van der Waals surface area (Å²) in [6.45, 7) is 5.76. The fourth-order valence-corrected chi connectivity index (χ4v) is 2.56. The number of nitrogens with one attached hydrogen (secondary N) is 2. The van der Waals surface area contributed by atoms with E-state index >= 15 is 0 Å².